The third kappa shape index (κ3) is 3.72. The first kappa shape index (κ1) is 20.2. The number of rotatable bonds is 4. The molecule has 4 aromatic rings. The Labute approximate surface area is 192 Å². The predicted molar refractivity (Wildman–Crippen MR) is 126 cm³/mol. The van der Waals surface area contributed by atoms with Crippen molar-refractivity contribution in [1.82, 2.24) is 24.6 Å². The van der Waals surface area contributed by atoms with Crippen molar-refractivity contribution in [3.8, 4) is 11.3 Å². The first-order valence-corrected chi connectivity index (χ1v) is 11.8. The number of H-pyrrole nitrogens is 1. The Kier molecular flexibility index (Phi) is 5.19. The topological polar surface area (TPSA) is 76.0 Å². The summed E-state index contributed by atoms with van der Waals surface area (Å²) in [5.41, 5.74) is 4.52. The fourth-order valence-corrected chi connectivity index (χ4v) is 5.14. The van der Waals surface area contributed by atoms with Crippen molar-refractivity contribution in [3.63, 3.8) is 0 Å². The number of fused-ring (bicyclic) bond motifs is 1. The number of piperidine rings is 1. The molecular weight excluding hydrogens is 414 g/mol. The maximum absolute atomic E-state index is 13.1. The second-order valence-electron chi connectivity index (χ2n) is 8.89. The average molecular weight is 442 g/mol. The molecule has 2 fully saturated rings. The van der Waals surface area contributed by atoms with Crippen molar-refractivity contribution >= 4 is 16.9 Å². The number of hydrogen-bond acceptors (Lipinski definition) is 4. The number of para-hydroxylation sites is 2. The predicted octanol–water partition coefficient (Wildman–Crippen LogP) is 4.76. The number of nitrogens with one attached hydrogen (secondary N) is 1. The number of nitrogens with zero attached hydrogens (tertiary/aromatic N) is 4. The van der Waals surface area contributed by atoms with Gasteiger partial charge < -0.3 is 14.2 Å². The van der Waals surface area contributed by atoms with Crippen LogP contribution in [0.25, 0.3) is 22.3 Å². The molecule has 2 saturated heterocycles. The van der Waals surface area contributed by atoms with E-state index in [0.717, 1.165) is 60.4 Å². The highest BCUT2D eigenvalue weighted by atomic mass is 16.5. The van der Waals surface area contributed by atoms with Crippen LogP contribution < -0.4 is 0 Å². The van der Waals surface area contributed by atoms with Crippen molar-refractivity contribution in [2.24, 2.45) is 0 Å². The molecule has 168 valence electrons. The van der Waals surface area contributed by atoms with Gasteiger partial charge in [-0.15, -0.1) is 0 Å². The lowest BCUT2D eigenvalue weighted by atomic mass is 10.0. The van der Waals surface area contributed by atoms with Gasteiger partial charge in [-0.3, -0.25) is 9.89 Å². The molecule has 4 heterocycles. The number of benzene rings is 2. The van der Waals surface area contributed by atoms with E-state index in [1.54, 1.807) is 0 Å². The van der Waals surface area contributed by atoms with Crippen LogP contribution in [-0.4, -0.2) is 50.3 Å². The van der Waals surface area contributed by atoms with Gasteiger partial charge in [0.15, 0.2) is 0 Å². The van der Waals surface area contributed by atoms with Crippen molar-refractivity contribution < 1.29 is 9.53 Å². The zero-order chi connectivity index (χ0) is 22.2. The molecule has 0 bridgehead atoms. The van der Waals surface area contributed by atoms with Crippen LogP contribution in [0.3, 0.4) is 0 Å². The standard InChI is InChI=1S/C26H27N5O2/c32-26(22-17-21(28-29-22)18-7-2-1-3-8-18)30-14-12-19(13-15-30)31-23-10-5-4-9-20(23)27-25(31)24-11-6-16-33-24/h1-5,7-10,17,19,24H,6,11-16H2,(H,28,29). The Hall–Kier alpha value is -3.45. The van der Waals surface area contributed by atoms with E-state index in [9.17, 15) is 4.79 Å². The quantitative estimate of drug-likeness (QED) is 0.496. The SMILES string of the molecule is O=C(c1cc(-c2ccccc2)n[nH]1)N1CCC(n2c(C3CCCO3)nc3ccccc32)CC1. The van der Waals surface area contributed by atoms with E-state index >= 15 is 0 Å². The summed E-state index contributed by atoms with van der Waals surface area (Å²) < 4.78 is 8.38. The molecule has 0 aliphatic carbocycles. The van der Waals surface area contributed by atoms with Crippen molar-refractivity contribution in [1.29, 1.82) is 0 Å². The first-order chi connectivity index (χ1) is 16.3. The van der Waals surface area contributed by atoms with Crippen molar-refractivity contribution in [2.75, 3.05) is 19.7 Å². The van der Waals surface area contributed by atoms with Crippen LogP contribution in [0.15, 0.2) is 60.7 Å². The summed E-state index contributed by atoms with van der Waals surface area (Å²) in [7, 11) is 0. The molecule has 6 rings (SSSR count). The molecule has 2 aromatic heterocycles. The highest BCUT2D eigenvalue weighted by molar-refractivity contribution is 5.93. The van der Waals surface area contributed by atoms with E-state index in [-0.39, 0.29) is 12.0 Å². The summed E-state index contributed by atoms with van der Waals surface area (Å²) in [6.45, 7) is 2.22. The molecule has 33 heavy (non-hydrogen) atoms. The molecular formula is C26H27N5O2. The van der Waals surface area contributed by atoms with Crippen molar-refractivity contribution in [3.05, 3.63) is 72.2 Å². The summed E-state index contributed by atoms with van der Waals surface area (Å²) in [5.74, 6) is 1.05. The van der Waals surface area contributed by atoms with E-state index in [1.165, 1.54) is 0 Å². The average Bonchev–Trinajstić information content (AvgIpc) is 3.64. The number of amides is 1. The Morgan fingerprint density at radius 3 is 2.58 bits per heavy atom. The second-order valence-corrected chi connectivity index (χ2v) is 8.89. The summed E-state index contributed by atoms with van der Waals surface area (Å²) >= 11 is 0. The first-order valence-electron chi connectivity index (χ1n) is 11.8. The molecule has 2 aromatic carbocycles. The van der Waals surface area contributed by atoms with E-state index in [0.29, 0.717) is 24.8 Å². The third-order valence-corrected chi connectivity index (χ3v) is 6.84. The normalized spacial score (nSPS) is 19.4. The van der Waals surface area contributed by atoms with Gasteiger partial charge in [-0.1, -0.05) is 42.5 Å². The number of carbonyl (C=O) groups is 1. The molecule has 2 aliphatic rings. The number of ether oxygens (including phenoxy) is 1. The van der Waals surface area contributed by atoms with E-state index in [1.807, 2.05) is 47.4 Å². The van der Waals surface area contributed by atoms with Gasteiger partial charge in [0.2, 0.25) is 0 Å². The molecule has 2 aliphatic heterocycles. The number of likely N-dealkylation sites (tertiary alicyclic amines) is 1. The molecule has 0 radical (unpaired) electrons. The van der Waals surface area contributed by atoms with Gasteiger partial charge in [0, 0.05) is 31.3 Å². The number of carbonyl (C=O) groups excluding carboxylic acids is 1. The van der Waals surface area contributed by atoms with Crippen LogP contribution in [0.1, 0.15) is 54.1 Å². The zero-order valence-corrected chi connectivity index (χ0v) is 18.5. The highest BCUT2D eigenvalue weighted by Crippen LogP contribution is 2.36. The monoisotopic (exact) mass is 441 g/mol. The molecule has 1 N–H and O–H groups in total. The second kappa shape index (κ2) is 8.48. The van der Waals surface area contributed by atoms with Gasteiger partial charge >= 0.3 is 0 Å². The molecule has 0 saturated carbocycles. The minimum Gasteiger partial charge on any atom is -0.370 e. The van der Waals surface area contributed by atoms with Crippen LogP contribution in [-0.2, 0) is 4.74 Å². The molecule has 1 amide bonds. The number of aromatic amines is 1. The molecule has 7 heteroatoms. The van der Waals surface area contributed by atoms with E-state index < -0.39 is 0 Å². The van der Waals surface area contributed by atoms with Gasteiger partial charge in [-0.05, 0) is 43.9 Å². The zero-order valence-electron chi connectivity index (χ0n) is 18.5. The van der Waals surface area contributed by atoms with Crippen LogP contribution in [0, 0.1) is 0 Å². The van der Waals surface area contributed by atoms with E-state index in [2.05, 4.69) is 33.0 Å². The minimum absolute atomic E-state index is 0.0120. The lowest BCUT2D eigenvalue weighted by Gasteiger charge is -2.33. The third-order valence-electron chi connectivity index (χ3n) is 6.84. The summed E-state index contributed by atoms with van der Waals surface area (Å²) in [5, 5.41) is 7.29. The van der Waals surface area contributed by atoms with Crippen LogP contribution in [0.4, 0.5) is 0 Å². The van der Waals surface area contributed by atoms with Gasteiger partial charge in [0.1, 0.15) is 17.6 Å². The molecule has 1 atom stereocenters. The fraction of sp³-hybridized carbons (Fsp3) is 0.346. The minimum atomic E-state index is 0.0120. The smallest absolute Gasteiger partial charge is 0.271 e. The van der Waals surface area contributed by atoms with Crippen LogP contribution in [0.5, 0.6) is 0 Å². The largest absolute Gasteiger partial charge is 0.370 e. The molecule has 0 spiro atoms. The fourth-order valence-electron chi connectivity index (χ4n) is 5.14. The number of hydrogen-bond donors (Lipinski definition) is 1. The van der Waals surface area contributed by atoms with Crippen molar-refractivity contribution in [2.45, 2.75) is 37.8 Å². The highest BCUT2D eigenvalue weighted by Gasteiger charge is 2.31. The van der Waals surface area contributed by atoms with Gasteiger partial charge in [-0.25, -0.2) is 4.98 Å². The molecule has 1 unspecified atom stereocenters. The summed E-state index contributed by atoms with van der Waals surface area (Å²) in [4.78, 5) is 20.0. The maximum Gasteiger partial charge on any atom is 0.271 e. The van der Waals surface area contributed by atoms with Crippen LogP contribution in [0.2, 0.25) is 0 Å². The number of imidazole rings is 1. The van der Waals surface area contributed by atoms with Crippen LogP contribution >= 0.6 is 0 Å². The molecule has 7 nitrogen and oxygen atoms in total. The Morgan fingerprint density at radius 2 is 1.79 bits per heavy atom. The van der Waals surface area contributed by atoms with E-state index in [4.69, 9.17) is 9.72 Å². The Morgan fingerprint density at radius 1 is 1.00 bits per heavy atom. The number of aromatic nitrogens is 4. The maximum atomic E-state index is 13.1. The van der Waals surface area contributed by atoms with Gasteiger partial charge in [0.25, 0.3) is 5.91 Å². The Bertz CT molecular complexity index is 1260. The lowest BCUT2D eigenvalue weighted by Crippen LogP contribution is -2.39. The Balaban J connectivity index is 1.20. The summed E-state index contributed by atoms with van der Waals surface area (Å²) in [6.07, 6.45) is 3.95. The summed E-state index contributed by atoms with van der Waals surface area (Å²) in [6, 6.07) is 20.4. The van der Waals surface area contributed by atoms with Gasteiger partial charge in [-0.2, -0.15) is 5.10 Å². The lowest BCUT2D eigenvalue weighted by molar-refractivity contribution is 0.0676. The van der Waals surface area contributed by atoms with Gasteiger partial charge in [0.05, 0.1) is 16.7 Å².